The second-order valence-electron chi connectivity index (χ2n) is 5.92. The number of likely N-dealkylation sites (N-methyl/N-ethyl adjacent to an activating group) is 1. The molecule has 0 bridgehead atoms. The lowest BCUT2D eigenvalue weighted by molar-refractivity contribution is 0.0688. The van der Waals surface area contributed by atoms with Gasteiger partial charge in [-0.3, -0.25) is 4.90 Å². The van der Waals surface area contributed by atoms with Crippen LogP contribution >= 0.6 is 0 Å². The number of fused-ring (bicyclic) bond motifs is 1. The van der Waals surface area contributed by atoms with Crippen molar-refractivity contribution in [2.75, 3.05) is 20.2 Å². The summed E-state index contributed by atoms with van der Waals surface area (Å²) < 4.78 is 5.72. The van der Waals surface area contributed by atoms with Crippen LogP contribution in [0, 0.1) is 0 Å². The van der Waals surface area contributed by atoms with Gasteiger partial charge in [-0.25, -0.2) is 0 Å². The largest absolute Gasteiger partial charge is 0.377 e. The molecule has 2 N–H and O–H groups in total. The van der Waals surface area contributed by atoms with Crippen LogP contribution in [0.25, 0.3) is 10.8 Å². The molecular formula is C18H24N2O. The minimum absolute atomic E-state index is 0.227. The van der Waals surface area contributed by atoms with Crippen molar-refractivity contribution in [3.05, 3.63) is 48.0 Å². The molecule has 0 aliphatic carbocycles. The van der Waals surface area contributed by atoms with Gasteiger partial charge in [0.2, 0.25) is 0 Å². The number of hydrogen-bond acceptors (Lipinski definition) is 3. The summed E-state index contributed by atoms with van der Waals surface area (Å²) in [5, 5.41) is 2.58. The molecule has 1 saturated heterocycles. The zero-order valence-corrected chi connectivity index (χ0v) is 12.8. The molecule has 3 nitrogen and oxygen atoms in total. The maximum absolute atomic E-state index is 6.13. The molecule has 2 aromatic rings. The van der Waals surface area contributed by atoms with Crippen molar-refractivity contribution in [1.29, 1.82) is 0 Å². The van der Waals surface area contributed by atoms with Gasteiger partial charge < -0.3 is 10.5 Å². The summed E-state index contributed by atoms with van der Waals surface area (Å²) in [7, 11) is 2.18. The monoisotopic (exact) mass is 284 g/mol. The van der Waals surface area contributed by atoms with E-state index >= 15 is 0 Å². The Morgan fingerprint density at radius 3 is 2.71 bits per heavy atom. The van der Waals surface area contributed by atoms with Gasteiger partial charge >= 0.3 is 0 Å². The summed E-state index contributed by atoms with van der Waals surface area (Å²) in [6.07, 6.45) is 1.36. The Labute approximate surface area is 126 Å². The minimum Gasteiger partial charge on any atom is -0.377 e. The van der Waals surface area contributed by atoms with Crippen LogP contribution in [0.3, 0.4) is 0 Å². The molecule has 112 valence electrons. The molecule has 0 spiro atoms. The third kappa shape index (κ3) is 2.69. The van der Waals surface area contributed by atoms with Crippen molar-refractivity contribution in [1.82, 2.24) is 4.90 Å². The molecule has 3 heteroatoms. The molecule has 3 rings (SSSR count). The Morgan fingerprint density at radius 2 is 2.00 bits per heavy atom. The second-order valence-corrected chi connectivity index (χ2v) is 5.92. The summed E-state index contributed by atoms with van der Waals surface area (Å²) in [6, 6.07) is 15.7. The molecule has 1 aliphatic rings. The molecule has 1 aliphatic heterocycles. The van der Waals surface area contributed by atoms with Gasteiger partial charge in [0, 0.05) is 25.2 Å². The van der Waals surface area contributed by atoms with E-state index < -0.39 is 0 Å². The average molecular weight is 284 g/mol. The predicted octanol–water partition coefficient (Wildman–Crippen LogP) is 2.95. The first-order valence-electron chi connectivity index (χ1n) is 7.73. The highest BCUT2D eigenvalue weighted by Gasteiger charge is 2.32. The van der Waals surface area contributed by atoms with E-state index in [1.165, 1.54) is 16.3 Å². The zero-order valence-electron chi connectivity index (χ0n) is 12.8. The van der Waals surface area contributed by atoms with Crippen LogP contribution in [0.2, 0.25) is 0 Å². The van der Waals surface area contributed by atoms with Crippen molar-refractivity contribution in [2.24, 2.45) is 5.73 Å². The Balaban J connectivity index is 1.98. The molecular weight excluding hydrogens is 260 g/mol. The van der Waals surface area contributed by atoms with Crippen molar-refractivity contribution >= 4 is 10.8 Å². The summed E-state index contributed by atoms with van der Waals surface area (Å²) in [4.78, 5) is 2.40. The Kier molecular flexibility index (Phi) is 4.24. The van der Waals surface area contributed by atoms with Crippen molar-refractivity contribution < 1.29 is 4.74 Å². The fourth-order valence-corrected chi connectivity index (χ4v) is 3.54. The Bertz CT molecular complexity index is 608. The number of benzene rings is 2. The zero-order chi connectivity index (χ0) is 14.8. The molecule has 0 radical (unpaired) electrons. The van der Waals surface area contributed by atoms with Crippen molar-refractivity contribution in [3.63, 3.8) is 0 Å². The predicted molar refractivity (Wildman–Crippen MR) is 87.3 cm³/mol. The topological polar surface area (TPSA) is 38.5 Å². The fourth-order valence-electron chi connectivity index (χ4n) is 3.54. The maximum atomic E-state index is 6.13. The molecule has 2 aromatic carbocycles. The van der Waals surface area contributed by atoms with Crippen LogP contribution in [-0.2, 0) is 4.74 Å². The van der Waals surface area contributed by atoms with E-state index in [9.17, 15) is 0 Å². The van der Waals surface area contributed by atoms with E-state index in [0.717, 1.165) is 13.0 Å². The quantitative estimate of drug-likeness (QED) is 0.938. The van der Waals surface area contributed by atoms with Gasteiger partial charge in [0.25, 0.3) is 0 Å². The lowest BCUT2D eigenvalue weighted by Gasteiger charge is -2.34. The molecule has 21 heavy (non-hydrogen) atoms. The first-order chi connectivity index (χ1) is 10.2. The highest BCUT2D eigenvalue weighted by Crippen LogP contribution is 2.31. The first-order valence-corrected chi connectivity index (χ1v) is 7.73. The molecule has 3 atom stereocenters. The Morgan fingerprint density at radius 1 is 1.24 bits per heavy atom. The standard InChI is InChI=1S/C18H24N2O/c1-13-17(10-11-21-13)20(2)18(12-19)16-9-5-7-14-6-3-4-8-15(14)16/h3-9,13,17-18H,10-12,19H2,1-2H3. The SMILES string of the molecule is CC1OCCC1N(C)C(CN)c1cccc2ccccc12. The molecule has 0 saturated carbocycles. The third-order valence-electron chi connectivity index (χ3n) is 4.76. The van der Waals surface area contributed by atoms with Crippen LogP contribution in [0.5, 0.6) is 0 Å². The first kappa shape index (κ1) is 14.5. The highest BCUT2D eigenvalue weighted by atomic mass is 16.5. The van der Waals surface area contributed by atoms with Gasteiger partial charge in [0.1, 0.15) is 0 Å². The summed E-state index contributed by atoms with van der Waals surface area (Å²) in [5.74, 6) is 0. The average Bonchev–Trinajstić information content (AvgIpc) is 2.94. The van der Waals surface area contributed by atoms with Crippen molar-refractivity contribution in [3.8, 4) is 0 Å². The number of rotatable bonds is 4. The highest BCUT2D eigenvalue weighted by molar-refractivity contribution is 5.86. The van der Waals surface area contributed by atoms with E-state index in [-0.39, 0.29) is 12.1 Å². The number of nitrogens with zero attached hydrogens (tertiary/aromatic N) is 1. The van der Waals surface area contributed by atoms with Crippen LogP contribution in [0.15, 0.2) is 42.5 Å². The van der Waals surface area contributed by atoms with E-state index in [1.807, 2.05) is 0 Å². The van der Waals surface area contributed by atoms with Gasteiger partial charge in [0.05, 0.1) is 6.10 Å². The van der Waals surface area contributed by atoms with Crippen LogP contribution in [-0.4, -0.2) is 37.2 Å². The molecule has 0 amide bonds. The summed E-state index contributed by atoms with van der Waals surface area (Å²) >= 11 is 0. The van der Waals surface area contributed by atoms with Crippen LogP contribution in [0.4, 0.5) is 0 Å². The van der Waals surface area contributed by atoms with E-state index in [2.05, 4.69) is 61.3 Å². The number of hydrogen-bond donors (Lipinski definition) is 1. The van der Waals surface area contributed by atoms with Crippen LogP contribution in [0.1, 0.15) is 24.9 Å². The lowest BCUT2D eigenvalue weighted by Crippen LogP contribution is -2.42. The second kappa shape index (κ2) is 6.14. The van der Waals surface area contributed by atoms with Gasteiger partial charge in [-0.1, -0.05) is 42.5 Å². The molecule has 0 aromatic heterocycles. The minimum atomic E-state index is 0.227. The smallest absolute Gasteiger partial charge is 0.0703 e. The number of nitrogens with two attached hydrogens (primary N) is 1. The van der Waals surface area contributed by atoms with E-state index in [4.69, 9.17) is 10.5 Å². The summed E-state index contributed by atoms with van der Waals surface area (Å²) in [6.45, 7) is 3.63. The van der Waals surface area contributed by atoms with Gasteiger partial charge in [0.15, 0.2) is 0 Å². The van der Waals surface area contributed by atoms with Gasteiger partial charge in [-0.2, -0.15) is 0 Å². The normalized spacial score (nSPS) is 23.8. The lowest BCUT2D eigenvalue weighted by atomic mass is 9.96. The van der Waals surface area contributed by atoms with E-state index in [1.54, 1.807) is 0 Å². The molecule has 1 fully saturated rings. The fraction of sp³-hybridized carbons (Fsp3) is 0.444. The number of ether oxygens (including phenoxy) is 1. The van der Waals surface area contributed by atoms with Crippen LogP contribution < -0.4 is 5.73 Å². The molecule has 1 heterocycles. The van der Waals surface area contributed by atoms with Gasteiger partial charge in [-0.15, -0.1) is 0 Å². The van der Waals surface area contributed by atoms with Crippen molar-refractivity contribution in [2.45, 2.75) is 31.5 Å². The third-order valence-corrected chi connectivity index (χ3v) is 4.76. The maximum Gasteiger partial charge on any atom is 0.0703 e. The van der Waals surface area contributed by atoms with E-state index in [0.29, 0.717) is 12.6 Å². The Hall–Kier alpha value is -1.42. The molecule has 3 unspecified atom stereocenters. The van der Waals surface area contributed by atoms with Gasteiger partial charge in [-0.05, 0) is 36.7 Å². The summed E-state index contributed by atoms with van der Waals surface area (Å²) in [5.41, 5.74) is 7.44.